The lowest BCUT2D eigenvalue weighted by Crippen LogP contribution is -2.58. The maximum Gasteiger partial charge on any atom is 0.407 e. The zero-order chi connectivity index (χ0) is 23.7. The van der Waals surface area contributed by atoms with Gasteiger partial charge in [-0.15, -0.1) is 11.3 Å². The highest BCUT2D eigenvalue weighted by Crippen LogP contribution is 2.40. The molecule has 1 aromatic rings. The molecule has 1 fully saturated rings. The minimum absolute atomic E-state index is 0.224. The van der Waals surface area contributed by atoms with Crippen molar-refractivity contribution >= 4 is 29.3 Å². The summed E-state index contributed by atoms with van der Waals surface area (Å²) in [6, 6.07) is -0.961. The number of amides is 2. The van der Waals surface area contributed by atoms with Crippen LogP contribution in [0.25, 0.3) is 0 Å². The van der Waals surface area contributed by atoms with Crippen molar-refractivity contribution in [3.05, 3.63) is 15.6 Å². The number of hydrogen-bond donors (Lipinski definition) is 3. The fraction of sp³-hybridized carbons (Fsp3) is 0.727. The predicted molar refractivity (Wildman–Crippen MR) is 121 cm³/mol. The summed E-state index contributed by atoms with van der Waals surface area (Å²) in [6.07, 6.45) is 1.74. The van der Waals surface area contributed by atoms with Crippen LogP contribution in [0.4, 0.5) is 4.79 Å². The molecule has 3 rings (SSSR count). The van der Waals surface area contributed by atoms with Crippen LogP contribution in [0.1, 0.15) is 73.8 Å². The molecule has 3 atom stereocenters. The average Bonchev–Trinajstić information content (AvgIpc) is 3.11. The smallest absolute Gasteiger partial charge is 0.407 e. The lowest BCUT2D eigenvalue weighted by atomic mass is 9.68. The summed E-state index contributed by atoms with van der Waals surface area (Å²) in [4.78, 5) is 45.3. The Bertz CT molecular complexity index is 880. The maximum absolute atomic E-state index is 13.0. The van der Waals surface area contributed by atoms with E-state index in [4.69, 9.17) is 4.74 Å². The molecule has 10 heteroatoms. The molecule has 2 heterocycles. The van der Waals surface area contributed by atoms with Gasteiger partial charge in [0.2, 0.25) is 0 Å². The SMILES string of the molecule is CC[C@@]1(C(=O)O)CC[C@@H](NC(=O)c2nc3c(s2)CN(C)CC3)[C@@H](NC(=O)OC(C)(C)C)C1. The number of likely N-dealkylation sites (N-methyl/N-ethyl adjacent to an activating group) is 1. The van der Waals surface area contributed by atoms with Crippen molar-refractivity contribution in [1.29, 1.82) is 0 Å². The van der Waals surface area contributed by atoms with Gasteiger partial charge in [0.15, 0.2) is 5.01 Å². The molecule has 178 valence electrons. The molecule has 0 saturated heterocycles. The largest absolute Gasteiger partial charge is 0.481 e. The highest BCUT2D eigenvalue weighted by atomic mass is 32.1. The van der Waals surface area contributed by atoms with Crippen molar-refractivity contribution in [2.45, 2.75) is 84.0 Å². The van der Waals surface area contributed by atoms with E-state index in [0.29, 0.717) is 24.3 Å². The van der Waals surface area contributed by atoms with E-state index in [0.717, 1.165) is 30.1 Å². The van der Waals surface area contributed by atoms with Crippen LogP contribution in [-0.4, -0.2) is 64.2 Å². The Hall–Kier alpha value is -2.20. The van der Waals surface area contributed by atoms with Gasteiger partial charge in [-0.2, -0.15) is 0 Å². The molecule has 0 spiro atoms. The highest BCUT2D eigenvalue weighted by molar-refractivity contribution is 7.13. The molecule has 1 saturated carbocycles. The number of ether oxygens (including phenoxy) is 1. The van der Waals surface area contributed by atoms with Gasteiger partial charge in [0.05, 0.1) is 17.2 Å². The van der Waals surface area contributed by atoms with Gasteiger partial charge in [0, 0.05) is 30.4 Å². The first-order chi connectivity index (χ1) is 14.9. The Labute approximate surface area is 192 Å². The number of aliphatic carboxylic acids is 1. The zero-order valence-corrected chi connectivity index (χ0v) is 20.3. The third kappa shape index (κ3) is 5.58. The summed E-state index contributed by atoms with van der Waals surface area (Å²) in [7, 11) is 2.04. The summed E-state index contributed by atoms with van der Waals surface area (Å²) in [5.41, 5.74) is -0.647. The highest BCUT2D eigenvalue weighted by Gasteiger charge is 2.46. The van der Waals surface area contributed by atoms with Crippen LogP contribution in [0, 0.1) is 5.41 Å². The normalized spacial score (nSPS) is 26.2. The van der Waals surface area contributed by atoms with Crippen LogP contribution in [0.15, 0.2) is 0 Å². The summed E-state index contributed by atoms with van der Waals surface area (Å²) in [6.45, 7) is 8.83. The first-order valence-electron chi connectivity index (χ1n) is 11.1. The molecule has 1 aliphatic heterocycles. The minimum atomic E-state index is -0.939. The number of alkyl carbamates (subject to hydrolysis) is 1. The minimum Gasteiger partial charge on any atom is -0.481 e. The summed E-state index contributed by atoms with van der Waals surface area (Å²) in [5, 5.41) is 16.1. The molecular formula is C22H34N4O5S. The first-order valence-corrected chi connectivity index (χ1v) is 11.9. The Kier molecular flexibility index (Phi) is 7.14. The molecule has 0 unspecified atom stereocenters. The van der Waals surface area contributed by atoms with Crippen molar-refractivity contribution < 1.29 is 24.2 Å². The number of aromatic nitrogens is 1. The molecule has 32 heavy (non-hydrogen) atoms. The third-order valence-corrected chi connectivity index (χ3v) is 7.38. The number of carbonyl (C=O) groups excluding carboxylic acids is 2. The molecule has 1 aromatic heterocycles. The van der Waals surface area contributed by atoms with E-state index in [1.807, 2.05) is 14.0 Å². The van der Waals surface area contributed by atoms with Crippen LogP contribution in [0.3, 0.4) is 0 Å². The quantitative estimate of drug-likeness (QED) is 0.610. The molecule has 0 aromatic carbocycles. The lowest BCUT2D eigenvalue weighted by Gasteiger charge is -2.42. The van der Waals surface area contributed by atoms with Crippen LogP contribution in [-0.2, 0) is 22.5 Å². The van der Waals surface area contributed by atoms with E-state index in [-0.39, 0.29) is 12.3 Å². The molecule has 1 aliphatic carbocycles. The zero-order valence-electron chi connectivity index (χ0n) is 19.5. The summed E-state index contributed by atoms with van der Waals surface area (Å²) in [5.74, 6) is -1.16. The van der Waals surface area contributed by atoms with Gasteiger partial charge in [0.25, 0.3) is 5.91 Å². The van der Waals surface area contributed by atoms with E-state index >= 15 is 0 Å². The average molecular weight is 467 g/mol. The molecule has 0 bridgehead atoms. The molecule has 3 N–H and O–H groups in total. The summed E-state index contributed by atoms with van der Waals surface area (Å²) >= 11 is 1.40. The number of carbonyl (C=O) groups is 3. The van der Waals surface area contributed by atoms with E-state index in [1.165, 1.54) is 11.3 Å². The second-order valence-electron chi connectivity index (χ2n) is 9.89. The number of carboxylic acids is 1. The Morgan fingerprint density at radius 3 is 2.62 bits per heavy atom. The topological polar surface area (TPSA) is 121 Å². The lowest BCUT2D eigenvalue weighted by molar-refractivity contribution is -0.152. The van der Waals surface area contributed by atoms with Gasteiger partial charge in [-0.1, -0.05) is 6.92 Å². The second-order valence-corrected chi connectivity index (χ2v) is 11.0. The van der Waals surface area contributed by atoms with Gasteiger partial charge >= 0.3 is 12.1 Å². The van der Waals surface area contributed by atoms with Gasteiger partial charge < -0.3 is 25.4 Å². The van der Waals surface area contributed by atoms with E-state index in [1.54, 1.807) is 20.8 Å². The maximum atomic E-state index is 13.0. The number of thiazole rings is 1. The van der Waals surface area contributed by atoms with Gasteiger partial charge in [-0.05, 0) is 53.5 Å². The van der Waals surface area contributed by atoms with Crippen molar-refractivity contribution in [1.82, 2.24) is 20.5 Å². The number of nitrogens with zero attached hydrogens (tertiary/aromatic N) is 2. The van der Waals surface area contributed by atoms with Crippen molar-refractivity contribution in [2.24, 2.45) is 5.41 Å². The first kappa shape index (κ1) is 24.4. The van der Waals surface area contributed by atoms with Crippen LogP contribution < -0.4 is 10.6 Å². The predicted octanol–water partition coefficient (Wildman–Crippen LogP) is 2.79. The van der Waals surface area contributed by atoms with Crippen LogP contribution in [0.5, 0.6) is 0 Å². The standard InChI is InChI=1S/C22H34N4O5S/c1-6-22(19(28)29)9-7-13(15(11-22)25-20(30)31-21(2,3)4)23-17(27)18-24-14-8-10-26(5)12-16(14)32-18/h13,15H,6-12H2,1-5H3,(H,23,27)(H,25,30)(H,28,29)/t13-,15+,22-/m1/s1. The number of fused-ring (bicyclic) bond motifs is 1. The number of nitrogens with one attached hydrogen (secondary N) is 2. The fourth-order valence-corrected chi connectivity index (χ4v) is 5.49. The van der Waals surface area contributed by atoms with Crippen molar-refractivity contribution in [2.75, 3.05) is 13.6 Å². The summed E-state index contributed by atoms with van der Waals surface area (Å²) < 4.78 is 5.38. The molecular weight excluding hydrogens is 432 g/mol. The van der Waals surface area contributed by atoms with E-state index < -0.39 is 35.2 Å². The second kappa shape index (κ2) is 9.35. The van der Waals surface area contributed by atoms with Crippen molar-refractivity contribution in [3.63, 3.8) is 0 Å². The molecule has 9 nitrogen and oxygen atoms in total. The van der Waals surface area contributed by atoms with Gasteiger partial charge in [0.1, 0.15) is 5.60 Å². The molecule has 2 aliphatic rings. The third-order valence-electron chi connectivity index (χ3n) is 6.30. The van der Waals surface area contributed by atoms with Gasteiger partial charge in [-0.25, -0.2) is 9.78 Å². The number of hydrogen-bond acceptors (Lipinski definition) is 7. The number of carboxylic acid groups (broad SMARTS) is 1. The Morgan fingerprint density at radius 1 is 1.28 bits per heavy atom. The number of rotatable bonds is 5. The Balaban J connectivity index is 1.76. The monoisotopic (exact) mass is 466 g/mol. The Morgan fingerprint density at radius 2 is 2.00 bits per heavy atom. The van der Waals surface area contributed by atoms with Crippen molar-refractivity contribution in [3.8, 4) is 0 Å². The fourth-order valence-electron chi connectivity index (χ4n) is 4.40. The van der Waals surface area contributed by atoms with Crippen LogP contribution in [0.2, 0.25) is 0 Å². The van der Waals surface area contributed by atoms with E-state index in [9.17, 15) is 19.5 Å². The van der Waals surface area contributed by atoms with Gasteiger partial charge in [-0.3, -0.25) is 9.59 Å². The molecule has 0 radical (unpaired) electrons. The van der Waals surface area contributed by atoms with E-state index in [2.05, 4.69) is 20.5 Å². The van der Waals surface area contributed by atoms with Crippen LogP contribution >= 0.6 is 11.3 Å². The molecule has 2 amide bonds.